The van der Waals surface area contributed by atoms with Gasteiger partial charge in [0.2, 0.25) is 0 Å². The first-order chi connectivity index (χ1) is 13.1. The molecule has 152 valence electrons. The van der Waals surface area contributed by atoms with Crippen LogP contribution in [-0.2, 0) is 6.42 Å². The lowest BCUT2D eigenvalue weighted by atomic mass is 10.0. The van der Waals surface area contributed by atoms with Crippen LogP contribution in [0.5, 0.6) is 0 Å². The number of thiophene rings is 2. The van der Waals surface area contributed by atoms with Crippen LogP contribution in [0.25, 0.3) is 9.75 Å². The first-order valence-electron chi connectivity index (χ1n) is 11.3. The Morgan fingerprint density at radius 1 is 0.593 bits per heavy atom. The molecule has 0 atom stereocenters. The average Bonchev–Trinajstić information content (AvgIpc) is 3.18. The van der Waals surface area contributed by atoms with Gasteiger partial charge in [0.15, 0.2) is 0 Å². The third kappa shape index (κ3) is 8.11. The quantitative estimate of drug-likeness (QED) is 0.275. The number of rotatable bonds is 14. The third-order valence-electron chi connectivity index (χ3n) is 5.73. The lowest BCUT2D eigenvalue weighted by Crippen LogP contribution is -1.86. The molecule has 0 aromatic carbocycles. The van der Waals surface area contributed by atoms with Gasteiger partial charge in [0, 0.05) is 19.5 Å². The molecular formula is C25H40S2. The highest BCUT2D eigenvalue weighted by Crippen LogP contribution is 2.37. The Morgan fingerprint density at radius 3 is 1.59 bits per heavy atom. The first-order valence-corrected chi connectivity index (χ1v) is 12.9. The fourth-order valence-corrected chi connectivity index (χ4v) is 5.92. The monoisotopic (exact) mass is 404 g/mol. The van der Waals surface area contributed by atoms with Crippen molar-refractivity contribution in [3.05, 3.63) is 33.0 Å². The Bertz CT molecular complexity index is 628. The Kier molecular flexibility index (Phi) is 10.7. The second-order valence-corrected chi connectivity index (χ2v) is 10.7. The highest BCUT2D eigenvalue weighted by molar-refractivity contribution is 7.22. The van der Waals surface area contributed by atoms with Crippen molar-refractivity contribution in [3.63, 3.8) is 0 Å². The summed E-state index contributed by atoms with van der Waals surface area (Å²) >= 11 is 3.93. The molecule has 0 unspecified atom stereocenters. The molecular weight excluding hydrogens is 364 g/mol. The summed E-state index contributed by atoms with van der Waals surface area (Å²) in [7, 11) is 0. The summed E-state index contributed by atoms with van der Waals surface area (Å²) in [5.41, 5.74) is 3.02. The zero-order valence-corrected chi connectivity index (χ0v) is 19.8. The molecule has 0 saturated carbocycles. The van der Waals surface area contributed by atoms with Crippen molar-refractivity contribution in [2.75, 3.05) is 0 Å². The number of unbranched alkanes of at least 4 members (excludes halogenated alkanes) is 11. The van der Waals surface area contributed by atoms with Gasteiger partial charge < -0.3 is 0 Å². The van der Waals surface area contributed by atoms with E-state index in [4.69, 9.17) is 0 Å². The van der Waals surface area contributed by atoms with Gasteiger partial charge in [-0.05, 0) is 56.9 Å². The van der Waals surface area contributed by atoms with Crippen LogP contribution in [0.4, 0.5) is 0 Å². The van der Waals surface area contributed by atoms with E-state index in [1.165, 1.54) is 109 Å². The molecule has 2 rings (SSSR count). The maximum Gasteiger partial charge on any atom is 0.0448 e. The lowest BCUT2D eigenvalue weighted by molar-refractivity contribution is 0.544. The zero-order chi connectivity index (χ0) is 19.5. The van der Waals surface area contributed by atoms with Crippen LogP contribution in [0.1, 0.15) is 105 Å². The summed E-state index contributed by atoms with van der Waals surface area (Å²) < 4.78 is 0. The summed E-state index contributed by atoms with van der Waals surface area (Å²) in [6.07, 6.45) is 18.4. The van der Waals surface area contributed by atoms with Crippen molar-refractivity contribution < 1.29 is 0 Å². The highest BCUT2D eigenvalue weighted by atomic mass is 32.1. The van der Waals surface area contributed by atoms with Crippen molar-refractivity contribution in [3.8, 4) is 9.75 Å². The van der Waals surface area contributed by atoms with Gasteiger partial charge in [0.25, 0.3) is 0 Å². The van der Waals surface area contributed by atoms with Crippen molar-refractivity contribution in [1.82, 2.24) is 0 Å². The van der Waals surface area contributed by atoms with E-state index < -0.39 is 0 Å². The molecule has 0 aliphatic heterocycles. The summed E-state index contributed by atoms with van der Waals surface area (Å²) in [4.78, 5) is 5.91. The molecule has 0 aliphatic carbocycles. The zero-order valence-electron chi connectivity index (χ0n) is 18.2. The summed E-state index contributed by atoms with van der Waals surface area (Å²) in [5.74, 6) is 0. The van der Waals surface area contributed by atoms with E-state index in [9.17, 15) is 0 Å². The van der Waals surface area contributed by atoms with E-state index in [0.29, 0.717) is 0 Å². The minimum Gasteiger partial charge on any atom is -0.139 e. The predicted octanol–water partition coefficient (Wildman–Crippen LogP) is 9.65. The predicted molar refractivity (Wildman–Crippen MR) is 127 cm³/mol. The maximum atomic E-state index is 2.46. The van der Waals surface area contributed by atoms with E-state index in [1.54, 1.807) is 5.56 Å². The first kappa shape index (κ1) is 22.7. The standard InChI is InChI=1S/C25H40S2/c1-5-6-7-8-9-10-11-12-13-14-15-16-17-23-19-25(27-22(23)4)24-18-20(2)21(3)26-24/h18-19H,5-17H2,1-4H3. The maximum absolute atomic E-state index is 2.46. The smallest absolute Gasteiger partial charge is 0.0448 e. The molecule has 0 spiro atoms. The highest BCUT2D eigenvalue weighted by Gasteiger charge is 2.10. The van der Waals surface area contributed by atoms with Gasteiger partial charge in [0.1, 0.15) is 0 Å². The lowest BCUT2D eigenvalue weighted by Gasteiger charge is -2.03. The Balaban J connectivity index is 1.56. The molecule has 2 heteroatoms. The number of hydrogen-bond donors (Lipinski definition) is 0. The molecule has 0 N–H and O–H groups in total. The van der Waals surface area contributed by atoms with Gasteiger partial charge in [0.05, 0.1) is 0 Å². The van der Waals surface area contributed by atoms with Crippen LogP contribution in [-0.4, -0.2) is 0 Å². The topological polar surface area (TPSA) is 0 Å². The normalized spacial score (nSPS) is 11.4. The van der Waals surface area contributed by atoms with Crippen LogP contribution >= 0.6 is 22.7 Å². The van der Waals surface area contributed by atoms with E-state index in [2.05, 4.69) is 39.8 Å². The van der Waals surface area contributed by atoms with Gasteiger partial charge in [-0.25, -0.2) is 0 Å². The second-order valence-electron chi connectivity index (χ2n) is 8.18. The Hall–Kier alpha value is -0.600. The van der Waals surface area contributed by atoms with Crippen molar-refractivity contribution in [2.24, 2.45) is 0 Å². The molecule has 27 heavy (non-hydrogen) atoms. The largest absolute Gasteiger partial charge is 0.139 e. The minimum atomic E-state index is 1.27. The van der Waals surface area contributed by atoms with Gasteiger partial charge in [-0.15, -0.1) is 22.7 Å². The molecule has 0 nitrogen and oxygen atoms in total. The van der Waals surface area contributed by atoms with Crippen LogP contribution in [0.3, 0.4) is 0 Å². The van der Waals surface area contributed by atoms with E-state index in [0.717, 1.165) is 0 Å². The van der Waals surface area contributed by atoms with Gasteiger partial charge in [-0.1, -0.05) is 77.6 Å². The van der Waals surface area contributed by atoms with Crippen LogP contribution < -0.4 is 0 Å². The number of aryl methyl sites for hydroxylation is 4. The fraction of sp³-hybridized carbons (Fsp3) is 0.680. The second kappa shape index (κ2) is 12.8. The number of hydrogen-bond acceptors (Lipinski definition) is 2. The van der Waals surface area contributed by atoms with Crippen LogP contribution in [0.15, 0.2) is 12.1 Å². The van der Waals surface area contributed by atoms with Gasteiger partial charge >= 0.3 is 0 Å². The minimum absolute atomic E-state index is 1.27. The third-order valence-corrected chi connectivity index (χ3v) is 8.17. The SMILES string of the molecule is CCCCCCCCCCCCCCc1cc(-c2cc(C)c(C)s2)sc1C. The molecule has 2 aromatic rings. The van der Waals surface area contributed by atoms with Gasteiger partial charge in [-0.2, -0.15) is 0 Å². The fourth-order valence-electron chi connectivity index (χ4n) is 3.74. The van der Waals surface area contributed by atoms with Crippen molar-refractivity contribution in [1.29, 1.82) is 0 Å². The average molecular weight is 405 g/mol. The Labute approximate surface area is 176 Å². The van der Waals surface area contributed by atoms with Crippen molar-refractivity contribution in [2.45, 2.75) is 111 Å². The van der Waals surface area contributed by atoms with Gasteiger partial charge in [-0.3, -0.25) is 0 Å². The molecule has 0 saturated heterocycles. The molecule has 0 radical (unpaired) electrons. The van der Waals surface area contributed by atoms with E-state index in [-0.39, 0.29) is 0 Å². The molecule has 0 amide bonds. The summed E-state index contributed by atoms with van der Waals surface area (Å²) in [6, 6.07) is 4.82. The van der Waals surface area contributed by atoms with E-state index >= 15 is 0 Å². The Morgan fingerprint density at radius 2 is 1.07 bits per heavy atom. The summed E-state index contributed by atoms with van der Waals surface area (Å²) in [6.45, 7) is 9.06. The molecule has 2 aromatic heterocycles. The summed E-state index contributed by atoms with van der Waals surface area (Å²) in [5, 5.41) is 0. The van der Waals surface area contributed by atoms with Crippen molar-refractivity contribution >= 4 is 22.7 Å². The molecule has 0 aliphatic rings. The molecule has 0 fully saturated rings. The van der Waals surface area contributed by atoms with Crippen LogP contribution in [0.2, 0.25) is 0 Å². The molecule has 0 bridgehead atoms. The van der Waals surface area contributed by atoms with E-state index in [1.807, 2.05) is 22.7 Å². The molecule has 2 heterocycles. The van der Waals surface area contributed by atoms with Crippen LogP contribution in [0, 0.1) is 20.8 Å².